The van der Waals surface area contributed by atoms with Crippen LogP contribution in [0.2, 0.25) is 0 Å². The lowest BCUT2D eigenvalue weighted by atomic mass is 9.89. The molecule has 20 heteroatoms. The van der Waals surface area contributed by atoms with Crippen molar-refractivity contribution in [3.63, 3.8) is 0 Å². The van der Waals surface area contributed by atoms with Gasteiger partial charge in [0.1, 0.15) is 18.7 Å². The van der Waals surface area contributed by atoms with Gasteiger partial charge in [-0.15, -0.1) is 0 Å². The monoisotopic (exact) mass is 1040 g/mol. The molecule has 5 N–H and O–H groups in total. The van der Waals surface area contributed by atoms with E-state index in [2.05, 4.69) is 20.6 Å². The summed E-state index contributed by atoms with van der Waals surface area (Å²) < 4.78 is 17.2. The largest absolute Gasteiger partial charge is 0.478 e. The molecule has 1 saturated heterocycles. The van der Waals surface area contributed by atoms with Crippen molar-refractivity contribution < 1.29 is 53.2 Å². The van der Waals surface area contributed by atoms with Crippen LogP contribution in [0.3, 0.4) is 0 Å². The number of aromatic amines is 1. The minimum atomic E-state index is -1.04. The molecule has 0 unspecified atom stereocenters. The average molecular weight is 1040 g/mol. The number of benzene rings is 2. The van der Waals surface area contributed by atoms with Crippen molar-refractivity contribution in [3.8, 4) is 0 Å². The minimum absolute atomic E-state index is 0.00984. The van der Waals surface area contributed by atoms with Crippen LogP contribution in [0.5, 0.6) is 0 Å². The molecule has 2 aromatic carbocycles. The number of H-pyrrole nitrogens is 1. The summed E-state index contributed by atoms with van der Waals surface area (Å²) in [6.07, 6.45) is -1.07. The van der Waals surface area contributed by atoms with Gasteiger partial charge in [-0.2, -0.15) is 0 Å². The Morgan fingerprint density at radius 2 is 1.58 bits per heavy atom. The predicted octanol–water partition coefficient (Wildman–Crippen LogP) is 7.17. The van der Waals surface area contributed by atoms with Crippen LogP contribution in [-0.2, 0) is 33.4 Å². The number of carbonyl (C=O) groups is 6. The number of carboxylic acids is 1. The van der Waals surface area contributed by atoms with Gasteiger partial charge in [0.05, 0.1) is 70.1 Å². The second-order valence-corrected chi connectivity index (χ2v) is 23.2. The summed E-state index contributed by atoms with van der Waals surface area (Å²) in [7, 11) is 8.94. The van der Waals surface area contributed by atoms with Gasteiger partial charge in [-0.1, -0.05) is 96.0 Å². The minimum Gasteiger partial charge on any atom is -0.478 e. The normalized spacial score (nSPS) is 17.8. The highest BCUT2D eigenvalue weighted by Crippen LogP contribution is 2.40. The number of fused-ring (bicyclic) bond motifs is 1. The van der Waals surface area contributed by atoms with E-state index in [1.54, 1.807) is 48.9 Å². The number of hydrogen-bond acceptors (Lipinski definition) is 13. The van der Waals surface area contributed by atoms with Crippen LogP contribution in [0.25, 0.3) is 11.0 Å². The van der Waals surface area contributed by atoms with Crippen LogP contribution in [-0.4, -0.2) is 159 Å². The number of likely N-dealkylation sites (tertiary alicyclic amines) is 1. The second-order valence-electron chi connectivity index (χ2n) is 20.3. The van der Waals surface area contributed by atoms with Gasteiger partial charge in [-0.3, -0.25) is 24.1 Å². The molecule has 1 aliphatic rings. The molecule has 5 amide bonds. The lowest BCUT2D eigenvalue weighted by molar-refractivity contribution is -0.148. The highest BCUT2D eigenvalue weighted by atomic mass is 33.1. The number of carboxylic acid groups (broad SMARTS) is 1. The number of methoxy groups -OCH3 is 2. The fourth-order valence-electron chi connectivity index (χ4n) is 9.36. The number of hydrogen-bond donors (Lipinski definition) is 5. The Morgan fingerprint density at radius 1 is 0.917 bits per heavy atom. The lowest BCUT2D eigenvalue weighted by Gasteiger charge is -2.41. The highest BCUT2D eigenvalue weighted by Gasteiger charge is 2.44. The van der Waals surface area contributed by atoms with E-state index in [0.717, 1.165) is 0 Å². The molecule has 0 radical (unpaired) electrons. The smallest absolute Gasteiger partial charge is 0.410 e. The number of imidazole rings is 1. The van der Waals surface area contributed by atoms with Crippen molar-refractivity contribution in [2.45, 2.75) is 153 Å². The van der Waals surface area contributed by atoms with Gasteiger partial charge >= 0.3 is 12.1 Å². The molecular weight excluding hydrogens is 963 g/mol. The molecule has 4 rings (SSSR count). The number of aliphatic hydroxyl groups excluding tert-OH is 1. The Balaban J connectivity index is 1.41. The Morgan fingerprint density at radius 3 is 2.17 bits per heavy atom. The molecule has 72 heavy (non-hydrogen) atoms. The quantitative estimate of drug-likeness (QED) is 0.0502. The Kier molecular flexibility index (Phi) is 22.3. The molecule has 1 fully saturated rings. The van der Waals surface area contributed by atoms with Gasteiger partial charge in [-0.25, -0.2) is 14.6 Å². The molecular formula is C52H79N7O11S2. The molecule has 1 aliphatic heterocycles. The summed E-state index contributed by atoms with van der Waals surface area (Å²) in [4.78, 5) is 94.2. The molecule has 18 nitrogen and oxygen atoms in total. The summed E-state index contributed by atoms with van der Waals surface area (Å²) >= 11 is 0. The van der Waals surface area contributed by atoms with E-state index in [0.29, 0.717) is 47.6 Å². The third kappa shape index (κ3) is 15.3. The summed E-state index contributed by atoms with van der Waals surface area (Å²) in [5.74, 6) is -3.97. The van der Waals surface area contributed by atoms with Crippen LogP contribution in [0.1, 0.15) is 117 Å². The second kappa shape index (κ2) is 26.9. The zero-order chi connectivity index (χ0) is 53.8. The molecule has 0 spiro atoms. The van der Waals surface area contributed by atoms with Crippen LogP contribution in [0.15, 0.2) is 53.7 Å². The van der Waals surface area contributed by atoms with E-state index in [1.807, 2.05) is 73.6 Å². The first kappa shape index (κ1) is 59.7. The SMILES string of the molecule is CC[C@H](C)[C@@H]([C@@H](CC(=O)N1CCC[C@H]1[C@H](OC)[C@@H](C)C(=O)N[C@H](C)[C@@H](O)c1ccccc1)OC)N(C)C(=O)[C@@H](NC(=O)[C@H](C(C)C)N(C)C(=O)OCC(C)(C)SSc1nc2ccc(C(=O)O)cc2[nH]1)C(C)C. The fourth-order valence-corrected chi connectivity index (χ4v) is 11.4. The third-order valence-corrected chi connectivity index (χ3v) is 16.8. The van der Waals surface area contributed by atoms with Crippen LogP contribution in [0.4, 0.5) is 4.79 Å². The number of amides is 5. The van der Waals surface area contributed by atoms with Gasteiger partial charge in [0.25, 0.3) is 0 Å². The number of aliphatic hydroxyl groups is 1. The maximum atomic E-state index is 14.7. The Bertz CT molecular complexity index is 2300. The standard InChI is InChI=1S/C52H79N7O11S2/c1-15-31(6)43(39(68-13)27-40(60)59-25-19-22-38(59)45(69-14)32(7)46(62)53-33(8)44(61)34-20-17-16-18-21-34)57(11)48(64)41(29(2)3)56-47(63)42(30(4)5)58(12)51(67)70-28-52(9,10)72-71-50-54-36-24-23-35(49(65)66)26-37(36)55-50/h16-18,20-21,23-24,26,29-33,38-39,41-45,61H,15,19,22,25,27-28H2,1-14H3,(H,53,62)(H,54,55)(H,56,63)(H,65,66)/t31-,32+,33+,38-,39+,41-,42-,43-,44+,45+/m0/s1. The number of nitrogens with one attached hydrogen (secondary N) is 3. The molecule has 0 saturated carbocycles. The predicted molar refractivity (Wildman–Crippen MR) is 280 cm³/mol. The first-order chi connectivity index (χ1) is 33.9. The van der Waals surface area contributed by atoms with Crippen LogP contribution < -0.4 is 10.6 Å². The number of aromatic nitrogens is 2. The lowest BCUT2D eigenvalue weighted by Crippen LogP contribution is -2.60. The number of rotatable bonds is 26. The van der Waals surface area contributed by atoms with E-state index < -0.39 is 77.2 Å². The van der Waals surface area contributed by atoms with Gasteiger partial charge in [0.15, 0.2) is 5.16 Å². The van der Waals surface area contributed by atoms with Crippen molar-refractivity contribution in [1.29, 1.82) is 0 Å². The van der Waals surface area contributed by atoms with Gasteiger partial charge < -0.3 is 49.8 Å². The first-order valence-corrected chi connectivity index (χ1v) is 27.0. The molecule has 400 valence electrons. The molecule has 10 atom stereocenters. The number of likely N-dealkylation sites (N-methyl/N-ethyl adjacent to an activating group) is 2. The molecule has 2 heterocycles. The van der Waals surface area contributed by atoms with Gasteiger partial charge in [0.2, 0.25) is 23.6 Å². The zero-order valence-electron chi connectivity index (χ0n) is 44.5. The number of aromatic carboxylic acids is 1. The van der Waals surface area contributed by atoms with E-state index in [-0.39, 0.29) is 54.1 Å². The topological polar surface area (TPSA) is 233 Å². The molecule has 3 aromatic rings. The maximum absolute atomic E-state index is 14.7. The summed E-state index contributed by atoms with van der Waals surface area (Å²) in [6, 6.07) is 10.2. The van der Waals surface area contributed by atoms with E-state index in [4.69, 9.17) is 14.2 Å². The van der Waals surface area contributed by atoms with E-state index in [9.17, 15) is 39.0 Å². The number of carbonyl (C=O) groups excluding carboxylic acids is 5. The third-order valence-electron chi connectivity index (χ3n) is 13.7. The maximum Gasteiger partial charge on any atom is 0.410 e. The summed E-state index contributed by atoms with van der Waals surface area (Å²) in [5, 5.41) is 26.7. The van der Waals surface area contributed by atoms with Crippen molar-refractivity contribution in [1.82, 2.24) is 35.3 Å². The summed E-state index contributed by atoms with van der Waals surface area (Å²) in [5.41, 5.74) is 2.03. The molecule has 0 bridgehead atoms. The zero-order valence-corrected chi connectivity index (χ0v) is 46.1. The summed E-state index contributed by atoms with van der Waals surface area (Å²) in [6.45, 7) is 19.0. The fraction of sp³-hybridized carbons (Fsp3) is 0.635. The molecule has 0 aliphatic carbocycles. The van der Waals surface area contributed by atoms with Crippen molar-refractivity contribution >= 4 is 68.3 Å². The average Bonchev–Trinajstić information content (AvgIpc) is 4.01. The van der Waals surface area contributed by atoms with Gasteiger partial charge in [0, 0.05) is 34.9 Å². The van der Waals surface area contributed by atoms with Crippen molar-refractivity contribution in [2.24, 2.45) is 23.7 Å². The number of nitrogens with zero attached hydrogens (tertiary/aromatic N) is 4. The van der Waals surface area contributed by atoms with Crippen LogP contribution >= 0.6 is 21.6 Å². The van der Waals surface area contributed by atoms with Crippen molar-refractivity contribution in [3.05, 3.63) is 59.7 Å². The Labute approximate surface area is 433 Å². The van der Waals surface area contributed by atoms with Gasteiger partial charge in [-0.05, 0) is 85.9 Å². The Hall–Kier alpha value is -4.89. The van der Waals surface area contributed by atoms with Crippen molar-refractivity contribution in [2.75, 3.05) is 41.5 Å². The van der Waals surface area contributed by atoms with Crippen LogP contribution in [0, 0.1) is 23.7 Å². The van der Waals surface area contributed by atoms with E-state index in [1.165, 1.54) is 59.9 Å². The van der Waals surface area contributed by atoms with E-state index >= 15 is 0 Å². The number of ether oxygens (including phenoxy) is 3. The highest BCUT2D eigenvalue weighted by molar-refractivity contribution is 8.77. The first-order valence-electron chi connectivity index (χ1n) is 24.8. The molecule has 1 aromatic heterocycles.